The van der Waals surface area contributed by atoms with Crippen LogP contribution in [0.2, 0.25) is 0 Å². The van der Waals surface area contributed by atoms with Crippen LogP contribution in [-0.4, -0.2) is 26.6 Å². The molecule has 0 amide bonds. The molecule has 5 rings (SSSR count). The number of halogens is 1. The van der Waals surface area contributed by atoms with E-state index in [1.54, 1.807) is 31.2 Å². The molecule has 7 nitrogen and oxygen atoms in total. The number of Topliss-reactive ketones (excluding diaryl/α,β-unsaturated/α-hetero) is 2. The lowest BCUT2D eigenvalue weighted by molar-refractivity contribution is -0.117. The van der Waals surface area contributed by atoms with Crippen molar-refractivity contribution in [2.75, 3.05) is 6.61 Å². The Morgan fingerprint density at radius 2 is 1.54 bits per heavy atom. The van der Waals surface area contributed by atoms with Gasteiger partial charge in [0.2, 0.25) is 0 Å². The Morgan fingerprint density at radius 3 is 2.11 bits per heavy atom. The van der Waals surface area contributed by atoms with Crippen molar-refractivity contribution in [1.29, 1.82) is 0 Å². The van der Waals surface area contributed by atoms with Crippen LogP contribution in [0.3, 0.4) is 0 Å². The summed E-state index contributed by atoms with van der Waals surface area (Å²) in [6.45, 7) is 3.90. The van der Waals surface area contributed by atoms with Crippen LogP contribution < -0.4 is 8.92 Å². The summed E-state index contributed by atoms with van der Waals surface area (Å²) in [6, 6.07) is 9.74. The largest absolute Gasteiger partial charge is 0.490 e. The van der Waals surface area contributed by atoms with Gasteiger partial charge in [0.15, 0.2) is 23.1 Å². The second kappa shape index (κ2) is 10.1. The van der Waals surface area contributed by atoms with E-state index in [0.717, 1.165) is 5.56 Å². The predicted octanol–water partition coefficient (Wildman–Crippen LogP) is 6.05. The molecular weight excluding hydrogens is 560 g/mol. The second-order valence-corrected chi connectivity index (χ2v) is 11.8. The minimum absolute atomic E-state index is 0.00609. The average molecular weight is 587 g/mol. The molecule has 0 saturated carbocycles. The summed E-state index contributed by atoms with van der Waals surface area (Å²) in [6.07, 6.45) is 3.48. The zero-order valence-corrected chi connectivity index (χ0v) is 23.0. The first kappa shape index (κ1) is 25.7. The fourth-order valence-corrected chi connectivity index (χ4v) is 6.72. The van der Waals surface area contributed by atoms with E-state index in [-0.39, 0.29) is 34.6 Å². The Kier molecular flexibility index (Phi) is 7.02. The first-order valence-electron chi connectivity index (χ1n) is 12.4. The maximum atomic E-state index is 13.1. The first-order chi connectivity index (χ1) is 17.7. The summed E-state index contributed by atoms with van der Waals surface area (Å²) in [5.41, 5.74) is 2.59. The Labute approximate surface area is 224 Å². The van der Waals surface area contributed by atoms with Gasteiger partial charge in [-0.2, -0.15) is 8.42 Å². The zero-order chi connectivity index (χ0) is 26.3. The molecule has 0 spiro atoms. The average Bonchev–Trinajstić information content (AvgIpc) is 2.85. The molecule has 3 aliphatic rings. The fourth-order valence-electron chi connectivity index (χ4n) is 5.11. The molecule has 0 radical (unpaired) electrons. The number of benzene rings is 2. The number of carbonyl (C=O) groups excluding carboxylic acids is 2. The Hall–Kier alpha value is -2.91. The van der Waals surface area contributed by atoms with Crippen LogP contribution in [0.1, 0.15) is 62.5 Å². The molecule has 194 valence electrons. The molecule has 1 heterocycles. The van der Waals surface area contributed by atoms with Crippen LogP contribution in [0.4, 0.5) is 0 Å². The van der Waals surface area contributed by atoms with E-state index in [0.29, 0.717) is 71.2 Å². The fraction of sp³-hybridized carbons (Fsp3) is 0.357. The van der Waals surface area contributed by atoms with Crippen molar-refractivity contribution in [1.82, 2.24) is 0 Å². The number of rotatable bonds is 6. The molecule has 0 N–H and O–H groups in total. The number of hydrogen-bond acceptors (Lipinski definition) is 7. The molecular formula is C28H27BrO7S. The van der Waals surface area contributed by atoms with Crippen molar-refractivity contribution in [2.45, 2.75) is 63.2 Å². The van der Waals surface area contributed by atoms with Gasteiger partial charge in [-0.15, -0.1) is 0 Å². The SMILES string of the molecule is CCOc1cc(C2C3=C(CCCC3=O)OC3=C2C(=O)CCC3)cc(Br)c1OS(=O)(=O)c1ccc(C)cc1. The van der Waals surface area contributed by atoms with Crippen LogP contribution in [0, 0.1) is 6.92 Å². The van der Waals surface area contributed by atoms with Gasteiger partial charge in [0, 0.05) is 42.7 Å². The highest BCUT2D eigenvalue weighted by Gasteiger charge is 2.42. The normalized spacial score (nSPS) is 18.4. The van der Waals surface area contributed by atoms with E-state index in [1.807, 2.05) is 6.92 Å². The van der Waals surface area contributed by atoms with Crippen molar-refractivity contribution in [3.63, 3.8) is 0 Å². The van der Waals surface area contributed by atoms with Gasteiger partial charge in [0.05, 0.1) is 11.1 Å². The molecule has 0 atom stereocenters. The van der Waals surface area contributed by atoms with Gasteiger partial charge in [-0.1, -0.05) is 17.7 Å². The van der Waals surface area contributed by atoms with Crippen LogP contribution in [-0.2, 0) is 24.4 Å². The molecule has 1 aliphatic heterocycles. The third-order valence-corrected chi connectivity index (χ3v) is 8.63. The molecule has 2 aliphatic carbocycles. The first-order valence-corrected chi connectivity index (χ1v) is 14.6. The predicted molar refractivity (Wildman–Crippen MR) is 140 cm³/mol. The minimum atomic E-state index is -4.14. The number of ketones is 2. The molecule has 0 saturated heterocycles. The van der Waals surface area contributed by atoms with E-state index in [9.17, 15) is 18.0 Å². The second-order valence-electron chi connectivity index (χ2n) is 9.38. The molecule has 0 bridgehead atoms. The quantitative estimate of drug-likeness (QED) is 0.380. The summed E-state index contributed by atoms with van der Waals surface area (Å²) < 4.78 is 43.9. The highest BCUT2D eigenvalue weighted by molar-refractivity contribution is 9.10. The van der Waals surface area contributed by atoms with Gasteiger partial charge < -0.3 is 13.7 Å². The summed E-state index contributed by atoms with van der Waals surface area (Å²) in [7, 11) is -4.14. The number of allylic oxidation sites excluding steroid dienone is 4. The van der Waals surface area contributed by atoms with Crippen molar-refractivity contribution < 1.29 is 31.7 Å². The highest BCUT2D eigenvalue weighted by Crippen LogP contribution is 2.50. The van der Waals surface area contributed by atoms with Crippen LogP contribution in [0.25, 0.3) is 0 Å². The zero-order valence-electron chi connectivity index (χ0n) is 20.6. The summed E-state index contributed by atoms with van der Waals surface area (Å²) in [5, 5.41) is 0. The van der Waals surface area contributed by atoms with Crippen LogP contribution in [0.5, 0.6) is 11.5 Å². The van der Waals surface area contributed by atoms with Gasteiger partial charge in [-0.25, -0.2) is 0 Å². The number of carbonyl (C=O) groups is 2. The monoisotopic (exact) mass is 586 g/mol. The summed E-state index contributed by atoms with van der Waals surface area (Å²) in [4.78, 5) is 26.2. The Morgan fingerprint density at radius 1 is 0.946 bits per heavy atom. The lowest BCUT2D eigenvalue weighted by Gasteiger charge is -2.36. The smallest absolute Gasteiger partial charge is 0.339 e. The van der Waals surface area contributed by atoms with Crippen molar-refractivity contribution in [3.8, 4) is 11.5 Å². The van der Waals surface area contributed by atoms with Crippen molar-refractivity contribution in [2.24, 2.45) is 0 Å². The molecule has 0 aromatic heterocycles. The van der Waals surface area contributed by atoms with Gasteiger partial charge in [-0.05, 0) is 72.4 Å². The van der Waals surface area contributed by atoms with Crippen LogP contribution in [0.15, 0.2) is 68.4 Å². The highest BCUT2D eigenvalue weighted by atomic mass is 79.9. The van der Waals surface area contributed by atoms with E-state index in [4.69, 9.17) is 13.7 Å². The standard InChI is InChI=1S/C28H27BrO7S/c1-3-34-24-15-17(14-19(29)28(24)36-37(32,33)18-12-10-16(2)11-13-18)25-26-20(30)6-4-8-22(26)35-23-9-5-7-21(31)27(23)25/h10-15,25H,3-9H2,1-2H3. The number of hydrogen-bond donors (Lipinski definition) is 0. The summed E-state index contributed by atoms with van der Waals surface area (Å²) in [5.74, 6) is 0.797. The van der Waals surface area contributed by atoms with Gasteiger partial charge in [-0.3, -0.25) is 9.59 Å². The Bertz CT molecular complexity index is 1410. The van der Waals surface area contributed by atoms with Crippen molar-refractivity contribution in [3.05, 3.63) is 74.7 Å². The maximum Gasteiger partial charge on any atom is 0.339 e. The Balaban J connectivity index is 1.62. The number of ether oxygens (including phenoxy) is 2. The summed E-state index contributed by atoms with van der Waals surface area (Å²) >= 11 is 3.48. The number of aryl methyl sites for hydroxylation is 1. The lowest BCUT2D eigenvalue weighted by atomic mass is 9.73. The van der Waals surface area contributed by atoms with Gasteiger partial charge in [0.1, 0.15) is 16.4 Å². The molecule has 37 heavy (non-hydrogen) atoms. The van der Waals surface area contributed by atoms with E-state index in [1.165, 1.54) is 12.1 Å². The third-order valence-electron chi connectivity index (χ3n) is 6.81. The molecule has 2 aromatic rings. The van der Waals surface area contributed by atoms with Crippen LogP contribution >= 0.6 is 15.9 Å². The van der Waals surface area contributed by atoms with E-state index in [2.05, 4.69) is 15.9 Å². The van der Waals surface area contributed by atoms with Gasteiger partial charge >= 0.3 is 10.1 Å². The maximum absolute atomic E-state index is 13.1. The van der Waals surface area contributed by atoms with E-state index >= 15 is 0 Å². The minimum Gasteiger partial charge on any atom is -0.490 e. The van der Waals surface area contributed by atoms with E-state index < -0.39 is 16.0 Å². The molecule has 0 unspecified atom stereocenters. The van der Waals surface area contributed by atoms with Crippen molar-refractivity contribution >= 4 is 37.6 Å². The van der Waals surface area contributed by atoms with Gasteiger partial charge in [0.25, 0.3) is 0 Å². The third kappa shape index (κ3) is 4.86. The molecule has 2 aromatic carbocycles. The lowest BCUT2D eigenvalue weighted by Crippen LogP contribution is -2.30. The molecule has 9 heteroatoms. The topological polar surface area (TPSA) is 96.0 Å². The molecule has 0 fully saturated rings.